The minimum atomic E-state index is -5.02. The molecule has 0 fully saturated rings. The molecule has 0 radical (unpaired) electrons. The van der Waals surface area contributed by atoms with E-state index in [0.717, 1.165) is 11.6 Å². The SMILES string of the molecule is Cc1ccccc1NC(=O)NC(=O)c1cc(Br)c(OC(F)(F)F)cc1F. The molecule has 0 heterocycles. The van der Waals surface area contributed by atoms with E-state index in [0.29, 0.717) is 11.8 Å². The summed E-state index contributed by atoms with van der Waals surface area (Å²) >= 11 is 2.76. The second-order valence-corrected chi connectivity index (χ2v) is 5.89. The number of carbonyl (C=O) groups excluding carboxylic acids is 2. The van der Waals surface area contributed by atoms with Crippen molar-refractivity contribution in [3.05, 3.63) is 57.8 Å². The van der Waals surface area contributed by atoms with Gasteiger partial charge in [0.2, 0.25) is 0 Å². The summed E-state index contributed by atoms with van der Waals surface area (Å²) in [6.07, 6.45) is -5.02. The number of nitrogens with one attached hydrogen (secondary N) is 2. The first kappa shape index (κ1) is 19.7. The molecule has 2 aromatic carbocycles. The summed E-state index contributed by atoms with van der Waals surface area (Å²) in [5.41, 5.74) is 0.539. The van der Waals surface area contributed by atoms with Crippen molar-refractivity contribution in [2.75, 3.05) is 5.32 Å². The summed E-state index contributed by atoms with van der Waals surface area (Å²) in [6.45, 7) is 1.73. The second-order valence-electron chi connectivity index (χ2n) is 5.03. The van der Waals surface area contributed by atoms with Crippen molar-refractivity contribution < 1.29 is 31.9 Å². The molecule has 26 heavy (non-hydrogen) atoms. The Morgan fingerprint density at radius 1 is 1.15 bits per heavy atom. The van der Waals surface area contributed by atoms with E-state index < -0.39 is 35.4 Å². The summed E-state index contributed by atoms with van der Waals surface area (Å²) < 4.78 is 53.9. The summed E-state index contributed by atoms with van der Waals surface area (Å²) in [7, 11) is 0. The van der Waals surface area contributed by atoms with E-state index >= 15 is 0 Å². The van der Waals surface area contributed by atoms with Crippen molar-refractivity contribution in [1.29, 1.82) is 0 Å². The van der Waals surface area contributed by atoms with Gasteiger partial charge < -0.3 is 10.1 Å². The molecule has 3 amide bonds. The number of hydrogen-bond donors (Lipinski definition) is 2. The van der Waals surface area contributed by atoms with Crippen LogP contribution in [0.2, 0.25) is 0 Å². The molecule has 2 rings (SSSR count). The number of hydrogen-bond acceptors (Lipinski definition) is 3. The van der Waals surface area contributed by atoms with Crippen LogP contribution in [0.4, 0.5) is 28.0 Å². The number of amides is 3. The zero-order valence-corrected chi connectivity index (χ0v) is 14.7. The van der Waals surface area contributed by atoms with Gasteiger partial charge in [0.1, 0.15) is 11.6 Å². The van der Waals surface area contributed by atoms with Crippen LogP contribution in [0.3, 0.4) is 0 Å². The van der Waals surface area contributed by atoms with Gasteiger partial charge in [-0.2, -0.15) is 0 Å². The predicted molar refractivity (Wildman–Crippen MR) is 88.4 cm³/mol. The Balaban J connectivity index is 2.13. The van der Waals surface area contributed by atoms with Crippen molar-refractivity contribution >= 4 is 33.6 Å². The van der Waals surface area contributed by atoms with E-state index in [9.17, 15) is 27.2 Å². The standard InChI is InChI=1S/C16H11BrF4N2O3/c1-8-4-2-3-5-12(8)22-15(25)23-14(24)9-6-10(17)13(7-11(9)18)26-16(19,20)21/h2-7H,1H3,(H2,22,23,24,25). The summed E-state index contributed by atoms with van der Waals surface area (Å²) in [5.74, 6) is -3.27. The average molecular weight is 435 g/mol. The van der Waals surface area contributed by atoms with Crippen LogP contribution in [-0.2, 0) is 0 Å². The van der Waals surface area contributed by atoms with Crippen LogP contribution < -0.4 is 15.4 Å². The number of urea groups is 1. The Morgan fingerprint density at radius 3 is 2.42 bits per heavy atom. The third kappa shape index (κ3) is 5.19. The van der Waals surface area contributed by atoms with Crippen molar-refractivity contribution in [2.24, 2.45) is 0 Å². The minimum absolute atomic E-state index is 0.305. The van der Waals surface area contributed by atoms with E-state index in [1.165, 1.54) is 0 Å². The monoisotopic (exact) mass is 434 g/mol. The summed E-state index contributed by atoms with van der Waals surface area (Å²) in [4.78, 5) is 23.9. The van der Waals surface area contributed by atoms with Crippen molar-refractivity contribution in [3.63, 3.8) is 0 Å². The van der Waals surface area contributed by atoms with Crippen LogP contribution in [-0.4, -0.2) is 18.3 Å². The molecule has 0 spiro atoms. The topological polar surface area (TPSA) is 67.4 Å². The maximum atomic E-state index is 13.9. The molecule has 0 saturated heterocycles. The number of imide groups is 1. The Labute approximate surface area is 153 Å². The maximum Gasteiger partial charge on any atom is 0.573 e. The largest absolute Gasteiger partial charge is 0.573 e. The smallest absolute Gasteiger partial charge is 0.404 e. The fraction of sp³-hybridized carbons (Fsp3) is 0.125. The van der Waals surface area contributed by atoms with Crippen LogP contribution >= 0.6 is 15.9 Å². The summed E-state index contributed by atoms with van der Waals surface area (Å²) in [5, 5.41) is 4.30. The molecule has 0 aromatic heterocycles. The van der Waals surface area contributed by atoms with Crippen LogP contribution in [0.25, 0.3) is 0 Å². The quantitative estimate of drug-likeness (QED) is 0.684. The Bertz CT molecular complexity index is 856. The van der Waals surface area contributed by atoms with Crippen LogP contribution in [0, 0.1) is 12.7 Å². The molecule has 0 bridgehead atoms. The van der Waals surface area contributed by atoms with Crippen LogP contribution in [0.1, 0.15) is 15.9 Å². The van der Waals surface area contributed by atoms with Gasteiger partial charge in [0, 0.05) is 11.8 Å². The number of carbonyl (C=O) groups is 2. The highest BCUT2D eigenvalue weighted by Crippen LogP contribution is 2.32. The van der Waals surface area contributed by atoms with Gasteiger partial charge in [-0.1, -0.05) is 18.2 Å². The van der Waals surface area contributed by atoms with Gasteiger partial charge in [-0.05, 0) is 40.5 Å². The van der Waals surface area contributed by atoms with Crippen LogP contribution in [0.15, 0.2) is 40.9 Å². The number of benzene rings is 2. The Hall–Kier alpha value is -2.62. The molecule has 0 unspecified atom stereocenters. The Morgan fingerprint density at radius 2 is 1.81 bits per heavy atom. The number of ether oxygens (including phenoxy) is 1. The third-order valence-corrected chi connectivity index (χ3v) is 3.73. The number of para-hydroxylation sites is 1. The van der Waals surface area contributed by atoms with Crippen LogP contribution in [0.5, 0.6) is 5.75 Å². The highest BCUT2D eigenvalue weighted by Gasteiger charge is 2.32. The predicted octanol–water partition coefficient (Wildman–Crippen LogP) is 4.76. The molecule has 10 heteroatoms. The summed E-state index contributed by atoms with van der Waals surface area (Å²) in [6, 6.07) is 7.00. The first-order valence-corrected chi connectivity index (χ1v) is 7.79. The zero-order chi connectivity index (χ0) is 19.5. The van der Waals surface area contributed by atoms with E-state index in [-0.39, 0.29) is 4.47 Å². The van der Waals surface area contributed by atoms with E-state index in [1.54, 1.807) is 31.2 Å². The number of aryl methyl sites for hydroxylation is 1. The molecule has 2 N–H and O–H groups in total. The van der Waals surface area contributed by atoms with Gasteiger partial charge in [0.15, 0.2) is 0 Å². The van der Waals surface area contributed by atoms with Crippen molar-refractivity contribution in [3.8, 4) is 5.75 Å². The molecule has 0 aliphatic carbocycles. The molecule has 5 nitrogen and oxygen atoms in total. The fourth-order valence-electron chi connectivity index (χ4n) is 1.94. The number of alkyl halides is 3. The highest BCUT2D eigenvalue weighted by molar-refractivity contribution is 9.10. The highest BCUT2D eigenvalue weighted by atomic mass is 79.9. The normalized spacial score (nSPS) is 11.0. The third-order valence-electron chi connectivity index (χ3n) is 3.11. The minimum Gasteiger partial charge on any atom is -0.404 e. The van der Waals surface area contributed by atoms with Gasteiger partial charge in [-0.3, -0.25) is 10.1 Å². The number of rotatable bonds is 3. The number of halogens is 5. The zero-order valence-electron chi connectivity index (χ0n) is 13.1. The van der Waals surface area contributed by atoms with Gasteiger partial charge in [-0.25, -0.2) is 9.18 Å². The van der Waals surface area contributed by atoms with Crippen molar-refractivity contribution in [2.45, 2.75) is 13.3 Å². The molecule has 0 aliphatic rings. The molecule has 2 aromatic rings. The first-order chi connectivity index (χ1) is 12.1. The lowest BCUT2D eigenvalue weighted by molar-refractivity contribution is -0.275. The molecular weight excluding hydrogens is 424 g/mol. The maximum absolute atomic E-state index is 13.9. The molecular formula is C16H11BrF4N2O3. The first-order valence-electron chi connectivity index (χ1n) is 6.99. The van der Waals surface area contributed by atoms with Gasteiger partial charge in [-0.15, -0.1) is 13.2 Å². The average Bonchev–Trinajstić information content (AvgIpc) is 2.51. The Kier molecular flexibility index (Phi) is 5.86. The second kappa shape index (κ2) is 7.73. The van der Waals surface area contributed by atoms with Gasteiger partial charge in [0.25, 0.3) is 5.91 Å². The van der Waals surface area contributed by atoms with E-state index in [4.69, 9.17) is 0 Å². The van der Waals surface area contributed by atoms with E-state index in [1.807, 2.05) is 5.32 Å². The van der Waals surface area contributed by atoms with E-state index in [2.05, 4.69) is 26.0 Å². The lowest BCUT2D eigenvalue weighted by Crippen LogP contribution is -2.35. The van der Waals surface area contributed by atoms with Gasteiger partial charge in [0.05, 0.1) is 10.0 Å². The molecule has 0 atom stereocenters. The fourth-order valence-corrected chi connectivity index (χ4v) is 2.37. The lowest BCUT2D eigenvalue weighted by Gasteiger charge is -2.13. The van der Waals surface area contributed by atoms with Gasteiger partial charge >= 0.3 is 12.4 Å². The lowest BCUT2D eigenvalue weighted by atomic mass is 10.2. The molecule has 0 aliphatic heterocycles. The van der Waals surface area contributed by atoms with Crippen molar-refractivity contribution in [1.82, 2.24) is 5.32 Å². The molecule has 138 valence electrons. The molecule has 0 saturated carbocycles. The number of anilines is 1.